The van der Waals surface area contributed by atoms with Gasteiger partial charge in [-0.2, -0.15) is 0 Å². The number of amides is 2. The quantitative estimate of drug-likeness (QED) is 0.471. The van der Waals surface area contributed by atoms with Gasteiger partial charge in [0.1, 0.15) is 10.7 Å². The Morgan fingerprint density at radius 1 is 1.24 bits per heavy atom. The molecule has 7 nitrogen and oxygen atoms in total. The van der Waals surface area contributed by atoms with E-state index in [1.54, 1.807) is 23.5 Å². The van der Waals surface area contributed by atoms with Crippen LogP contribution in [0, 0.1) is 0 Å². The van der Waals surface area contributed by atoms with E-state index in [0.29, 0.717) is 24.4 Å². The molecule has 2 amide bonds. The van der Waals surface area contributed by atoms with Gasteiger partial charge in [-0.1, -0.05) is 19.1 Å². The molecule has 2 heterocycles. The highest BCUT2D eigenvalue weighted by Gasteiger charge is 2.20. The molecule has 0 bridgehead atoms. The molecule has 33 heavy (non-hydrogen) atoms. The van der Waals surface area contributed by atoms with Crippen molar-refractivity contribution in [3.05, 3.63) is 62.0 Å². The third kappa shape index (κ3) is 5.50. The van der Waals surface area contributed by atoms with Crippen molar-refractivity contribution in [2.75, 3.05) is 0 Å². The van der Waals surface area contributed by atoms with E-state index in [-0.39, 0.29) is 29.8 Å². The van der Waals surface area contributed by atoms with E-state index in [2.05, 4.69) is 20.6 Å². The summed E-state index contributed by atoms with van der Waals surface area (Å²) in [6.45, 7) is 4.33. The fraction of sp³-hybridized carbons (Fsp3) is 0.440. The predicted molar refractivity (Wildman–Crippen MR) is 131 cm³/mol. The van der Waals surface area contributed by atoms with Crippen LogP contribution < -0.4 is 16.2 Å². The first-order valence-corrected chi connectivity index (χ1v) is 12.5. The highest BCUT2D eigenvalue weighted by atomic mass is 32.1. The predicted octanol–water partition coefficient (Wildman–Crippen LogP) is 3.64. The fourth-order valence-corrected chi connectivity index (χ4v) is 5.36. The molecule has 0 saturated heterocycles. The average Bonchev–Trinajstić information content (AvgIpc) is 3.20. The molecular formula is C25H30N4O3S. The molecule has 0 fully saturated rings. The highest BCUT2D eigenvalue weighted by molar-refractivity contribution is 7.18. The van der Waals surface area contributed by atoms with Crippen LogP contribution in [0.25, 0.3) is 10.2 Å². The summed E-state index contributed by atoms with van der Waals surface area (Å²) in [5.41, 5.74) is 2.51. The molecule has 1 unspecified atom stereocenters. The summed E-state index contributed by atoms with van der Waals surface area (Å²) in [5.74, 6) is 0.306. The van der Waals surface area contributed by atoms with Gasteiger partial charge in [-0.15, -0.1) is 11.3 Å². The SMILES string of the molecule is CCC(C)NC(=O)c1cccc(CNC(=O)CCc2nc3sc4c(c3c(=O)[nH]2)CCCC4)c1. The van der Waals surface area contributed by atoms with E-state index in [0.717, 1.165) is 47.9 Å². The molecule has 1 aliphatic rings. The minimum atomic E-state index is -0.127. The highest BCUT2D eigenvalue weighted by Crippen LogP contribution is 2.33. The van der Waals surface area contributed by atoms with Crippen molar-refractivity contribution in [2.24, 2.45) is 0 Å². The zero-order valence-electron chi connectivity index (χ0n) is 19.1. The number of aromatic nitrogens is 2. The van der Waals surface area contributed by atoms with Gasteiger partial charge in [-0.3, -0.25) is 14.4 Å². The number of carbonyl (C=O) groups excluding carboxylic acids is 2. The molecule has 0 radical (unpaired) electrons. The number of thiophene rings is 1. The summed E-state index contributed by atoms with van der Waals surface area (Å²) >= 11 is 1.61. The minimum Gasteiger partial charge on any atom is -0.352 e. The molecule has 8 heteroatoms. The first-order chi connectivity index (χ1) is 15.9. The van der Waals surface area contributed by atoms with Crippen LogP contribution in [0.5, 0.6) is 0 Å². The summed E-state index contributed by atoms with van der Waals surface area (Å²) in [6, 6.07) is 7.37. The number of aromatic amines is 1. The van der Waals surface area contributed by atoms with E-state index >= 15 is 0 Å². The number of nitrogens with one attached hydrogen (secondary N) is 3. The normalized spacial score (nSPS) is 14.0. The van der Waals surface area contributed by atoms with Gasteiger partial charge in [0.15, 0.2) is 0 Å². The lowest BCUT2D eigenvalue weighted by Gasteiger charge is -2.12. The topological polar surface area (TPSA) is 104 Å². The Balaban J connectivity index is 1.34. The van der Waals surface area contributed by atoms with Crippen LogP contribution >= 0.6 is 11.3 Å². The summed E-state index contributed by atoms with van der Waals surface area (Å²) in [7, 11) is 0. The standard InChI is InChI=1S/C25H30N4O3S/c1-3-15(2)27-23(31)17-8-6-7-16(13-17)14-26-21(30)12-11-20-28-24(32)22-18-9-4-5-10-19(18)33-25(22)29-20/h6-8,13,15H,3-5,9-12,14H2,1-2H3,(H,26,30)(H,27,31)(H,28,29,32). The molecule has 1 aromatic carbocycles. The molecule has 1 aliphatic carbocycles. The van der Waals surface area contributed by atoms with Crippen molar-refractivity contribution in [1.29, 1.82) is 0 Å². The van der Waals surface area contributed by atoms with Gasteiger partial charge in [0, 0.05) is 35.9 Å². The Labute approximate surface area is 197 Å². The monoisotopic (exact) mass is 466 g/mol. The van der Waals surface area contributed by atoms with Gasteiger partial charge in [-0.05, 0) is 62.3 Å². The first-order valence-electron chi connectivity index (χ1n) is 11.6. The van der Waals surface area contributed by atoms with Crippen molar-refractivity contribution in [2.45, 2.75) is 71.4 Å². The fourth-order valence-electron chi connectivity index (χ4n) is 4.08. The first kappa shape index (κ1) is 23.2. The van der Waals surface area contributed by atoms with Gasteiger partial charge in [0.25, 0.3) is 11.5 Å². The summed E-state index contributed by atoms with van der Waals surface area (Å²) < 4.78 is 0. The molecule has 0 aliphatic heterocycles. The Morgan fingerprint density at radius 2 is 2.06 bits per heavy atom. The van der Waals surface area contributed by atoms with Crippen molar-refractivity contribution >= 4 is 33.4 Å². The molecule has 4 rings (SSSR count). The van der Waals surface area contributed by atoms with Crippen molar-refractivity contribution < 1.29 is 9.59 Å². The maximum Gasteiger partial charge on any atom is 0.259 e. The van der Waals surface area contributed by atoms with Crippen LogP contribution in [0.4, 0.5) is 0 Å². The van der Waals surface area contributed by atoms with Crippen LogP contribution in [-0.2, 0) is 30.6 Å². The molecule has 1 atom stereocenters. The van der Waals surface area contributed by atoms with Gasteiger partial charge in [-0.25, -0.2) is 4.98 Å². The van der Waals surface area contributed by atoms with Crippen molar-refractivity contribution in [3.8, 4) is 0 Å². The maximum atomic E-state index is 12.6. The average molecular weight is 467 g/mol. The molecule has 0 saturated carbocycles. The van der Waals surface area contributed by atoms with Gasteiger partial charge in [0.05, 0.1) is 5.39 Å². The smallest absolute Gasteiger partial charge is 0.259 e. The second-order valence-electron chi connectivity index (χ2n) is 8.66. The number of aryl methyl sites for hydroxylation is 3. The molecule has 3 N–H and O–H groups in total. The van der Waals surface area contributed by atoms with Crippen LogP contribution in [0.2, 0.25) is 0 Å². The number of nitrogens with zero attached hydrogens (tertiary/aromatic N) is 1. The van der Waals surface area contributed by atoms with Crippen molar-refractivity contribution in [1.82, 2.24) is 20.6 Å². The second kappa shape index (κ2) is 10.3. The Morgan fingerprint density at radius 3 is 2.88 bits per heavy atom. The number of hydrogen-bond acceptors (Lipinski definition) is 5. The minimum absolute atomic E-state index is 0.0951. The van der Waals surface area contributed by atoms with Gasteiger partial charge < -0.3 is 15.6 Å². The van der Waals surface area contributed by atoms with E-state index in [4.69, 9.17) is 0 Å². The van der Waals surface area contributed by atoms with Gasteiger partial charge in [0.2, 0.25) is 5.91 Å². The molecular weight excluding hydrogens is 436 g/mol. The third-order valence-electron chi connectivity index (χ3n) is 6.13. The maximum absolute atomic E-state index is 12.6. The van der Waals surface area contributed by atoms with Gasteiger partial charge >= 0.3 is 0 Å². The Kier molecular flexibility index (Phi) is 7.23. The van der Waals surface area contributed by atoms with E-state index in [1.165, 1.54) is 10.4 Å². The van der Waals surface area contributed by atoms with Crippen LogP contribution in [0.3, 0.4) is 0 Å². The summed E-state index contributed by atoms with van der Waals surface area (Å²) in [5, 5.41) is 6.58. The lowest BCUT2D eigenvalue weighted by molar-refractivity contribution is -0.121. The number of fused-ring (bicyclic) bond motifs is 3. The number of benzene rings is 1. The lowest BCUT2D eigenvalue weighted by Crippen LogP contribution is -2.32. The number of carbonyl (C=O) groups is 2. The largest absolute Gasteiger partial charge is 0.352 e. The van der Waals surface area contributed by atoms with E-state index in [9.17, 15) is 14.4 Å². The van der Waals surface area contributed by atoms with Crippen LogP contribution in [0.15, 0.2) is 29.1 Å². The van der Waals surface area contributed by atoms with E-state index in [1.807, 2.05) is 26.0 Å². The van der Waals surface area contributed by atoms with Crippen molar-refractivity contribution in [3.63, 3.8) is 0 Å². The summed E-state index contributed by atoms with van der Waals surface area (Å²) in [6.07, 6.45) is 5.71. The zero-order valence-corrected chi connectivity index (χ0v) is 19.9. The molecule has 2 aromatic heterocycles. The zero-order chi connectivity index (χ0) is 23.4. The Bertz CT molecular complexity index is 1230. The molecule has 3 aromatic rings. The summed E-state index contributed by atoms with van der Waals surface area (Å²) in [4.78, 5) is 46.9. The van der Waals surface area contributed by atoms with Crippen LogP contribution in [0.1, 0.15) is 71.7 Å². The van der Waals surface area contributed by atoms with Crippen LogP contribution in [-0.4, -0.2) is 27.8 Å². The second-order valence-corrected chi connectivity index (χ2v) is 9.75. The number of hydrogen-bond donors (Lipinski definition) is 3. The lowest BCUT2D eigenvalue weighted by atomic mass is 9.97. The number of H-pyrrole nitrogens is 1. The molecule has 0 spiro atoms. The number of rotatable bonds is 8. The Hall–Kier alpha value is -3.00. The molecule has 174 valence electrons. The third-order valence-corrected chi connectivity index (χ3v) is 7.32. The van der Waals surface area contributed by atoms with E-state index < -0.39 is 0 Å².